The fourth-order valence-corrected chi connectivity index (χ4v) is 3.78. The summed E-state index contributed by atoms with van der Waals surface area (Å²) < 4.78 is 1.79. The van der Waals surface area contributed by atoms with E-state index in [1.54, 1.807) is 35.4 Å². The van der Waals surface area contributed by atoms with Crippen molar-refractivity contribution >= 4 is 40.0 Å². The van der Waals surface area contributed by atoms with Crippen LogP contribution in [0.25, 0.3) is 16.6 Å². The van der Waals surface area contributed by atoms with Crippen LogP contribution in [-0.4, -0.2) is 26.6 Å². The lowest BCUT2D eigenvalue weighted by molar-refractivity contribution is -0.122. The third kappa shape index (κ3) is 4.07. The largest absolute Gasteiger partial charge is 0.352 e. The van der Waals surface area contributed by atoms with Crippen LogP contribution < -0.4 is 10.6 Å². The Kier molecular flexibility index (Phi) is 5.33. The Morgan fingerprint density at radius 3 is 2.69 bits per heavy atom. The lowest BCUT2D eigenvalue weighted by Crippen LogP contribution is -2.24. The summed E-state index contributed by atoms with van der Waals surface area (Å²) in [6.45, 7) is 0.362. The van der Waals surface area contributed by atoms with Crippen molar-refractivity contribution in [1.82, 2.24) is 20.1 Å². The number of halogens is 1. The maximum atomic E-state index is 13.0. The first-order valence-electron chi connectivity index (χ1n) is 10.3. The SMILES string of the molecule is O=C(Nc1cccc2c1cnn2-c1ccncc1)c1cc(CNC(=O)C2CC2)ccc1Cl. The van der Waals surface area contributed by atoms with Gasteiger partial charge in [-0.05, 0) is 54.8 Å². The zero-order valence-electron chi connectivity index (χ0n) is 17.1. The highest BCUT2D eigenvalue weighted by Crippen LogP contribution is 2.29. The molecule has 1 saturated carbocycles. The second kappa shape index (κ2) is 8.43. The molecule has 0 radical (unpaired) electrons. The first-order valence-corrected chi connectivity index (χ1v) is 10.7. The molecule has 1 aliphatic rings. The summed E-state index contributed by atoms with van der Waals surface area (Å²) in [5.74, 6) is -0.128. The summed E-state index contributed by atoms with van der Waals surface area (Å²) in [5.41, 5.74) is 3.54. The summed E-state index contributed by atoms with van der Waals surface area (Å²) in [4.78, 5) is 29.0. The van der Waals surface area contributed by atoms with Crippen LogP contribution in [0.4, 0.5) is 5.69 Å². The second-order valence-electron chi connectivity index (χ2n) is 7.76. The molecule has 0 atom stereocenters. The topological polar surface area (TPSA) is 88.9 Å². The van der Waals surface area contributed by atoms with E-state index < -0.39 is 0 Å². The number of hydrogen-bond acceptors (Lipinski definition) is 4. The Balaban J connectivity index is 1.38. The number of carbonyl (C=O) groups is 2. The van der Waals surface area contributed by atoms with E-state index in [-0.39, 0.29) is 17.7 Å². The number of pyridine rings is 1. The zero-order valence-corrected chi connectivity index (χ0v) is 17.8. The van der Waals surface area contributed by atoms with Crippen LogP contribution in [0.2, 0.25) is 5.02 Å². The summed E-state index contributed by atoms with van der Waals surface area (Å²) in [6.07, 6.45) is 7.02. The normalized spacial score (nSPS) is 13.2. The first kappa shape index (κ1) is 20.2. The number of amides is 2. The van der Waals surface area contributed by atoms with Gasteiger partial charge in [0, 0.05) is 30.2 Å². The number of anilines is 1. The molecule has 1 aliphatic carbocycles. The van der Waals surface area contributed by atoms with Gasteiger partial charge in [-0.2, -0.15) is 5.10 Å². The number of carbonyl (C=O) groups excluding carboxylic acids is 2. The fraction of sp³-hybridized carbons (Fsp3) is 0.167. The zero-order chi connectivity index (χ0) is 22.1. The minimum atomic E-state index is -0.325. The molecule has 160 valence electrons. The molecular formula is C24H20ClN5O2. The second-order valence-corrected chi connectivity index (χ2v) is 8.17. The molecule has 4 aromatic rings. The van der Waals surface area contributed by atoms with Crippen LogP contribution in [0.3, 0.4) is 0 Å². The molecule has 1 fully saturated rings. The molecule has 2 aromatic heterocycles. The van der Waals surface area contributed by atoms with E-state index in [0.717, 1.165) is 35.0 Å². The van der Waals surface area contributed by atoms with Crippen molar-refractivity contribution < 1.29 is 9.59 Å². The molecule has 2 heterocycles. The van der Waals surface area contributed by atoms with Crippen LogP contribution in [-0.2, 0) is 11.3 Å². The quantitative estimate of drug-likeness (QED) is 0.461. The number of nitrogens with zero attached hydrogens (tertiary/aromatic N) is 3. The van der Waals surface area contributed by atoms with Crippen molar-refractivity contribution in [3.63, 3.8) is 0 Å². The number of hydrogen-bond donors (Lipinski definition) is 2. The van der Waals surface area contributed by atoms with Gasteiger partial charge in [0.25, 0.3) is 5.91 Å². The van der Waals surface area contributed by atoms with Crippen LogP contribution in [0.1, 0.15) is 28.8 Å². The highest BCUT2D eigenvalue weighted by molar-refractivity contribution is 6.34. The van der Waals surface area contributed by atoms with E-state index in [1.165, 1.54) is 0 Å². The number of benzene rings is 2. The van der Waals surface area contributed by atoms with Crippen molar-refractivity contribution in [2.45, 2.75) is 19.4 Å². The maximum absolute atomic E-state index is 13.0. The van der Waals surface area contributed by atoms with Crippen LogP contribution in [0, 0.1) is 5.92 Å². The molecule has 0 saturated heterocycles. The molecule has 2 N–H and O–H groups in total. The van der Waals surface area contributed by atoms with Gasteiger partial charge in [-0.3, -0.25) is 14.6 Å². The van der Waals surface area contributed by atoms with E-state index >= 15 is 0 Å². The van der Waals surface area contributed by atoms with Gasteiger partial charge in [0.15, 0.2) is 0 Å². The predicted molar refractivity (Wildman–Crippen MR) is 123 cm³/mol. The Morgan fingerprint density at radius 2 is 1.91 bits per heavy atom. The number of rotatable bonds is 6. The van der Waals surface area contributed by atoms with Crippen molar-refractivity contribution in [2.75, 3.05) is 5.32 Å². The molecule has 0 unspecified atom stereocenters. The average Bonchev–Trinajstić information content (AvgIpc) is 3.58. The lowest BCUT2D eigenvalue weighted by Gasteiger charge is -2.11. The van der Waals surface area contributed by atoms with Crippen LogP contribution in [0.5, 0.6) is 0 Å². The van der Waals surface area contributed by atoms with Crippen molar-refractivity contribution in [3.8, 4) is 5.69 Å². The van der Waals surface area contributed by atoms with Gasteiger partial charge in [0.1, 0.15) is 0 Å². The van der Waals surface area contributed by atoms with Gasteiger partial charge < -0.3 is 10.6 Å². The van der Waals surface area contributed by atoms with Crippen molar-refractivity contribution in [2.24, 2.45) is 5.92 Å². The standard InChI is InChI=1S/C24H20ClN5O2/c25-20-7-4-15(13-27-23(31)16-5-6-16)12-18(20)24(32)29-21-2-1-3-22-19(21)14-28-30(22)17-8-10-26-11-9-17/h1-4,7-12,14,16H,5-6,13H2,(H,27,31)(H,29,32). The summed E-state index contributed by atoms with van der Waals surface area (Å²) in [7, 11) is 0. The molecule has 32 heavy (non-hydrogen) atoms. The molecule has 2 amide bonds. The van der Waals surface area contributed by atoms with Crippen LogP contribution in [0.15, 0.2) is 67.1 Å². The van der Waals surface area contributed by atoms with Gasteiger partial charge in [0.2, 0.25) is 5.91 Å². The Morgan fingerprint density at radius 1 is 1.09 bits per heavy atom. The number of fused-ring (bicyclic) bond motifs is 1. The van der Waals surface area contributed by atoms with Crippen molar-refractivity contribution in [3.05, 3.63) is 83.3 Å². The highest BCUT2D eigenvalue weighted by Gasteiger charge is 2.29. The van der Waals surface area contributed by atoms with Gasteiger partial charge in [0.05, 0.1) is 33.7 Å². The summed E-state index contributed by atoms with van der Waals surface area (Å²) in [6, 6.07) is 14.6. The Hall–Kier alpha value is -3.71. The molecule has 7 nitrogen and oxygen atoms in total. The highest BCUT2D eigenvalue weighted by atomic mass is 35.5. The number of nitrogens with one attached hydrogen (secondary N) is 2. The molecule has 0 spiro atoms. The monoisotopic (exact) mass is 445 g/mol. The maximum Gasteiger partial charge on any atom is 0.257 e. The number of aromatic nitrogens is 3. The predicted octanol–water partition coefficient (Wildman–Crippen LogP) is 4.35. The lowest BCUT2D eigenvalue weighted by atomic mass is 10.1. The van der Waals surface area contributed by atoms with Gasteiger partial charge in [-0.15, -0.1) is 0 Å². The smallest absolute Gasteiger partial charge is 0.257 e. The summed E-state index contributed by atoms with van der Waals surface area (Å²) >= 11 is 6.31. The molecule has 0 bridgehead atoms. The minimum Gasteiger partial charge on any atom is -0.352 e. The van der Waals surface area contributed by atoms with Gasteiger partial charge >= 0.3 is 0 Å². The summed E-state index contributed by atoms with van der Waals surface area (Å²) in [5, 5.41) is 11.5. The molecule has 2 aromatic carbocycles. The van der Waals surface area contributed by atoms with Crippen molar-refractivity contribution in [1.29, 1.82) is 0 Å². The fourth-order valence-electron chi connectivity index (χ4n) is 3.58. The average molecular weight is 446 g/mol. The van der Waals surface area contributed by atoms with E-state index in [0.29, 0.717) is 22.8 Å². The Labute approximate surface area is 189 Å². The molecule has 5 rings (SSSR count). The third-order valence-electron chi connectivity index (χ3n) is 5.46. The van der Waals surface area contributed by atoms with E-state index in [4.69, 9.17) is 11.6 Å². The van der Waals surface area contributed by atoms with E-state index in [2.05, 4.69) is 20.7 Å². The van der Waals surface area contributed by atoms with Crippen LogP contribution >= 0.6 is 11.6 Å². The van der Waals surface area contributed by atoms with Gasteiger partial charge in [-0.25, -0.2) is 4.68 Å². The first-order chi connectivity index (χ1) is 15.6. The van der Waals surface area contributed by atoms with E-state index in [9.17, 15) is 9.59 Å². The minimum absolute atomic E-state index is 0.0591. The van der Waals surface area contributed by atoms with E-state index in [1.807, 2.05) is 36.4 Å². The Bertz CT molecular complexity index is 1310. The third-order valence-corrected chi connectivity index (χ3v) is 5.79. The molecule has 8 heteroatoms. The molecule has 0 aliphatic heterocycles. The van der Waals surface area contributed by atoms with Gasteiger partial charge in [-0.1, -0.05) is 23.7 Å². The molecular weight excluding hydrogens is 426 g/mol.